The molecule has 0 saturated heterocycles. The largest absolute Gasteiger partial charge is 0.294 e. The number of hydrogen-bond acceptors (Lipinski definition) is 2. The summed E-state index contributed by atoms with van der Waals surface area (Å²) in [5.74, 6) is 14.2. The summed E-state index contributed by atoms with van der Waals surface area (Å²) in [5.41, 5.74) is 0. The molecule has 418 valence electrons. The molecule has 0 heterocycles. The maximum absolute atomic E-state index is 3.38. The average molecular weight is 1010 g/mol. The van der Waals surface area contributed by atoms with Crippen molar-refractivity contribution in [2.45, 2.75) is 344 Å². The second-order valence-corrected chi connectivity index (χ2v) is 30.4. The Kier molecular flexibility index (Phi) is 19.5. The summed E-state index contributed by atoms with van der Waals surface area (Å²) in [5, 5.41) is 0. The molecule has 0 N–H and O–H groups in total. The average Bonchev–Trinajstić information content (AvgIpc) is 3.48. The second-order valence-electron chi connectivity index (χ2n) is 30.4. The molecule has 2 heteroatoms. The van der Waals surface area contributed by atoms with Gasteiger partial charge in [0, 0.05) is 36.3 Å². The predicted octanol–water partition coefficient (Wildman–Crippen LogP) is 20.4. The summed E-state index contributed by atoms with van der Waals surface area (Å²) in [6.07, 6.45) is 84.3. The molecule has 2 nitrogen and oxygen atoms in total. The van der Waals surface area contributed by atoms with Crippen LogP contribution in [0, 0.1) is 82.9 Å². The topological polar surface area (TPSA) is 6.48 Å². The Bertz CT molecular complexity index is 1670. The normalized spacial score (nSPS) is 43.4. The molecule has 12 aliphatic rings. The molecule has 8 atom stereocenters. The van der Waals surface area contributed by atoms with Gasteiger partial charge < -0.3 is 0 Å². The zero-order chi connectivity index (χ0) is 49.5. The molecule has 8 unspecified atom stereocenters. The lowest BCUT2D eigenvalue weighted by Gasteiger charge is -2.57. The number of hydrogen-bond donors (Lipinski definition) is 0. The van der Waals surface area contributed by atoms with Crippen LogP contribution in [0.2, 0.25) is 0 Å². The highest BCUT2D eigenvalue weighted by Crippen LogP contribution is 2.58. The number of nitrogens with zero attached hydrogens (tertiary/aromatic N) is 2. The minimum absolute atomic E-state index is 0.874. The Morgan fingerprint density at radius 1 is 0.176 bits per heavy atom. The number of allylic oxidation sites excluding steroid dienone is 4. The Morgan fingerprint density at radius 3 is 0.865 bits per heavy atom. The van der Waals surface area contributed by atoms with Gasteiger partial charge in [0.05, 0.1) is 0 Å². The lowest BCUT2D eigenvalue weighted by Crippen LogP contribution is -2.58. The van der Waals surface area contributed by atoms with Gasteiger partial charge in [0.2, 0.25) is 0 Å². The summed E-state index contributed by atoms with van der Waals surface area (Å²) in [7, 11) is 0. The minimum Gasteiger partial charge on any atom is -0.294 e. The molecule has 12 rings (SSSR count). The zero-order valence-electron chi connectivity index (χ0n) is 48.7. The molecule has 12 saturated carbocycles. The van der Waals surface area contributed by atoms with E-state index in [0.29, 0.717) is 0 Å². The van der Waals surface area contributed by atoms with Crippen LogP contribution >= 0.6 is 0 Å². The molecule has 0 aromatic carbocycles. The third-order valence-electron chi connectivity index (χ3n) is 26.6. The maximum Gasteiger partial charge on any atom is 0.0132 e. The monoisotopic (exact) mass is 1010 g/mol. The smallest absolute Gasteiger partial charge is 0.0132 e. The van der Waals surface area contributed by atoms with E-state index in [-0.39, 0.29) is 0 Å². The molecular weight excluding hydrogens is 893 g/mol. The van der Waals surface area contributed by atoms with Gasteiger partial charge in [0.25, 0.3) is 0 Å². The van der Waals surface area contributed by atoms with Gasteiger partial charge in [-0.2, -0.15) is 0 Å². The van der Waals surface area contributed by atoms with Crippen molar-refractivity contribution in [2.24, 2.45) is 82.9 Å². The molecule has 0 spiro atoms. The standard InChI is InChI=1S/C72H120N2/c1-5-17-53(18-6-1)29-31-55-33-43-62(44-34-55)73(60-21-9-3-10-22-60)63-47-41-59(42-48-63)66-50-49-65(68-25-13-14-26-69(66)68)57-37-39-58(40-38-57)67-51-52-72(71-28-16-15-27-70(67)71)74(61-23-11-4-12-24-61)64-45-35-56(36-46-64)32-30-54-19-7-2-8-20-54/h29-32,53-72H,1-28,33-52H2. The van der Waals surface area contributed by atoms with Crippen LogP contribution in [0.1, 0.15) is 308 Å². The van der Waals surface area contributed by atoms with E-state index in [2.05, 4.69) is 34.1 Å². The van der Waals surface area contributed by atoms with Crippen molar-refractivity contribution in [1.82, 2.24) is 9.80 Å². The molecule has 12 fully saturated rings. The van der Waals surface area contributed by atoms with Crippen LogP contribution in [0.5, 0.6) is 0 Å². The molecule has 12 aliphatic carbocycles. The maximum atomic E-state index is 3.38. The molecule has 0 aromatic rings. The van der Waals surface area contributed by atoms with Gasteiger partial charge in [-0.3, -0.25) is 9.80 Å². The van der Waals surface area contributed by atoms with Crippen molar-refractivity contribution >= 4 is 0 Å². The highest BCUT2D eigenvalue weighted by molar-refractivity contribution is 5.05. The molecular formula is C72H120N2. The fourth-order valence-electron chi connectivity index (χ4n) is 23.0. The Hall–Kier alpha value is -0.600. The molecule has 0 aromatic heterocycles. The minimum atomic E-state index is 0.874. The van der Waals surface area contributed by atoms with E-state index in [1.54, 1.807) is 128 Å². The van der Waals surface area contributed by atoms with Crippen molar-refractivity contribution in [3.63, 3.8) is 0 Å². The van der Waals surface area contributed by atoms with Gasteiger partial charge in [-0.1, -0.05) is 127 Å². The van der Waals surface area contributed by atoms with Crippen molar-refractivity contribution in [2.75, 3.05) is 0 Å². The van der Waals surface area contributed by atoms with Gasteiger partial charge in [0.15, 0.2) is 0 Å². The van der Waals surface area contributed by atoms with Gasteiger partial charge in [-0.25, -0.2) is 0 Å². The third-order valence-corrected chi connectivity index (χ3v) is 26.6. The molecule has 0 amide bonds. The van der Waals surface area contributed by atoms with Gasteiger partial charge in [-0.05, 0) is 288 Å². The number of rotatable bonds is 13. The van der Waals surface area contributed by atoms with Crippen LogP contribution in [0.3, 0.4) is 0 Å². The van der Waals surface area contributed by atoms with Crippen molar-refractivity contribution in [3.8, 4) is 0 Å². The van der Waals surface area contributed by atoms with Gasteiger partial charge in [-0.15, -0.1) is 0 Å². The Morgan fingerprint density at radius 2 is 0.446 bits per heavy atom. The summed E-state index contributed by atoms with van der Waals surface area (Å²) < 4.78 is 0. The first-order chi connectivity index (χ1) is 36.7. The molecule has 0 aliphatic heterocycles. The van der Waals surface area contributed by atoms with Gasteiger partial charge >= 0.3 is 0 Å². The Balaban J connectivity index is 0.639. The highest BCUT2D eigenvalue weighted by Gasteiger charge is 2.51. The summed E-state index contributed by atoms with van der Waals surface area (Å²) >= 11 is 0. The summed E-state index contributed by atoms with van der Waals surface area (Å²) in [6.45, 7) is 0. The Labute approximate surface area is 459 Å². The summed E-state index contributed by atoms with van der Waals surface area (Å²) in [4.78, 5) is 6.68. The van der Waals surface area contributed by atoms with E-state index < -0.39 is 0 Å². The second kappa shape index (κ2) is 26.8. The molecule has 0 radical (unpaired) electrons. The van der Waals surface area contributed by atoms with Crippen LogP contribution in [0.4, 0.5) is 0 Å². The van der Waals surface area contributed by atoms with E-state index in [1.165, 1.54) is 180 Å². The quantitative estimate of drug-likeness (QED) is 0.170. The van der Waals surface area contributed by atoms with Crippen molar-refractivity contribution < 1.29 is 0 Å². The lowest BCUT2D eigenvalue weighted by atomic mass is 9.52. The lowest BCUT2D eigenvalue weighted by molar-refractivity contribution is -0.0693. The first kappa shape index (κ1) is 54.0. The fraction of sp³-hybridized carbons (Fsp3) is 0.944. The van der Waals surface area contributed by atoms with E-state index in [0.717, 1.165) is 119 Å². The van der Waals surface area contributed by atoms with Crippen LogP contribution in [0.25, 0.3) is 0 Å². The highest BCUT2D eigenvalue weighted by atomic mass is 15.2. The third kappa shape index (κ3) is 12.9. The van der Waals surface area contributed by atoms with Crippen LogP contribution in [-0.4, -0.2) is 46.1 Å². The fourth-order valence-corrected chi connectivity index (χ4v) is 23.0. The molecule has 0 bridgehead atoms. The van der Waals surface area contributed by atoms with E-state index >= 15 is 0 Å². The number of fused-ring (bicyclic) bond motifs is 2. The first-order valence-corrected chi connectivity index (χ1v) is 35.6. The van der Waals surface area contributed by atoms with Gasteiger partial charge in [0.1, 0.15) is 0 Å². The van der Waals surface area contributed by atoms with Crippen molar-refractivity contribution in [1.29, 1.82) is 0 Å². The predicted molar refractivity (Wildman–Crippen MR) is 315 cm³/mol. The molecule has 74 heavy (non-hydrogen) atoms. The SMILES string of the molecule is C(=CC1CCC(N(C2CCCCC2)C2CCC(C3CCC(C4CCC(C5CCC(N(C6CCCCC6)C6CCC(C=CC7CCCCC7)CC6)C6CCCCC56)CC4)C4CCCCC34)CC2)CC1)C1CCCCC1. The summed E-state index contributed by atoms with van der Waals surface area (Å²) in [6, 6.07) is 5.42. The van der Waals surface area contributed by atoms with E-state index in [4.69, 9.17) is 0 Å². The van der Waals surface area contributed by atoms with Crippen LogP contribution < -0.4 is 0 Å². The van der Waals surface area contributed by atoms with Crippen LogP contribution in [-0.2, 0) is 0 Å². The van der Waals surface area contributed by atoms with E-state index in [9.17, 15) is 0 Å². The zero-order valence-corrected chi connectivity index (χ0v) is 48.7. The first-order valence-electron chi connectivity index (χ1n) is 35.6. The van der Waals surface area contributed by atoms with Crippen LogP contribution in [0.15, 0.2) is 24.3 Å². The van der Waals surface area contributed by atoms with E-state index in [1.807, 2.05) is 0 Å². The van der Waals surface area contributed by atoms with Crippen molar-refractivity contribution in [3.05, 3.63) is 24.3 Å².